The van der Waals surface area contributed by atoms with E-state index in [0.717, 1.165) is 9.92 Å². The number of hydrogen-bond acceptors (Lipinski definition) is 5. The topological polar surface area (TPSA) is 38.9 Å². The van der Waals surface area contributed by atoms with Gasteiger partial charge in [0.2, 0.25) is 6.39 Å². The van der Waals surface area contributed by atoms with Gasteiger partial charge in [-0.2, -0.15) is 0 Å². The molecule has 0 saturated heterocycles. The van der Waals surface area contributed by atoms with Crippen molar-refractivity contribution in [3.05, 3.63) is 35.7 Å². The molecule has 1 heterocycles. The first-order valence-electron chi connectivity index (χ1n) is 3.71. The second kappa shape index (κ2) is 4.72. The minimum absolute atomic E-state index is 0.546. The highest BCUT2D eigenvalue weighted by Gasteiger charge is 2.01. The van der Waals surface area contributed by atoms with Crippen molar-refractivity contribution >= 4 is 33.2 Å². The highest BCUT2D eigenvalue weighted by Crippen LogP contribution is 2.36. The van der Waals surface area contributed by atoms with Crippen LogP contribution in [0.2, 0.25) is 5.02 Å². The summed E-state index contributed by atoms with van der Waals surface area (Å²) in [5.41, 5.74) is 0. The Hall–Kier alpha value is -0.650. The molecule has 0 saturated carbocycles. The summed E-state index contributed by atoms with van der Waals surface area (Å²) in [7, 11) is 2.97. The Kier molecular flexibility index (Phi) is 3.34. The molecule has 0 spiro atoms. The van der Waals surface area contributed by atoms with Crippen LogP contribution >= 0.6 is 33.2 Å². The Morgan fingerprint density at radius 1 is 1.14 bits per heavy atom. The molecule has 0 N–H and O–H groups in total. The van der Waals surface area contributed by atoms with Crippen LogP contribution in [0.1, 0.15) is 0 Å². The molecule has 0 unspecified atom stereocenters. The van der Waals surface area contributed by atoms with Crippen molar-refractivity contribution in [1.82, 2.24) is 10.2 Å². The molecule has 0 amide bonds. The van der Waals surface area contributed by atoms with E-state index in [9.17, 15) is 0 Å². The lowest BCUT2D eigenvalue weighted by atomic mass is 10.4. The van der Waals surface area contributed by atoms with Gasteiger partial charge in [0.25, 0.3) is 5.22 Å². The fourth-order valence-electron chi connectivity index (χ4n) is 0.773. The molecule has 1 aromatic heterocycles. The summed E-state index contributed by atoms with van der Waals surface area (Å²) in [6.45, 7) is 0. The van der Waals surface area contributed by atoms with Crippen molar-refractivity contribution < 1.29 is 4.42 Å². The van der Waals surface area contributed by atoms with Gasteiger partial charge >= 0.3 is 0 Å². The van der Waals surface area contributed by atoms with Crippen LogP contribution in [0.15, 0.2) is 45.2 Å². The van der Waals surface area contributed by atoms with E-state index in [1.54, 1.807) is 10.8 Å². The Morgan fingerprint density at radius 2 is 1.93 bits per heavy atom. The van der Waals surface area contributed by atoms with Gasteiger partial charge in [0.05, 0.1) is 0 Å². The summed E-state index contributed by atoms with van der Waals surface area (Å²) in [5.74, 6) is 0. The predicted molar refractivity (Wildman–Crippen MR) is 57.5 cm³/mol. The lowest BCUT2D eigenvalue weighted by molar-refractivity contribution is 0.455. The number of nitrogens with zero attached hydrogens (tertiary/aromatic N) is 2. The summed E-state index contributed by atoms with van der Waals surface area (Å²) >= 11 is 5.75. The molecule has 6 heteroatoms. The number of hydrogen-bond donors (Lipinski definition) is 0. The molecular formula is C8H5ClN2OS2. The first-order valence-corrected chi connectivity index (χ1v) is 6.23. The molecule has 72 valence electrons. The van der Waals surface area contributed by atoms with Crippen molar-refractivity contribution in [3.63, 3.8) is 0 Å². The molecule has 2 rings (SSSR count). The lowest BCUT2D eigenvalue weighted by Gasteiger charge is -1.96. The van der Waals surface area contributed by atoms with Gasteiger partial charge in [-0.15, -0.1) is 10.2 Å². The van der Waals surface area contributed by atoms with Crippen molar-refractivity contribution in [2.45, 2.75) is 10.1 Å². The van der Waals surface area contributed by atoms with Crippen LogP contribution in [0.3, 0.4) is 0 Å². The SMILES string of the molecule is Clc1ccc(SSc2nnco2)cc1. The van der Waals surface area contributed by atoms with Crippen molar-refractivity contribution in [2.75, 3.05) is 0 Å². The summed E-state index contributed by atoms with van der Waals surface area (Å²) in [4.78, 5) is 1.10. The summed E-state index contributed by atoms with van der Waals surface area (Å²) < 4.78 is 4.97. The number of halogens is 1. The minimum atomic E-state index is 0.546. The number of aromatic nitrogens is 2. The Balaban J connectivity index is 1.95. The van der Waals surface area contributed by atoms with Gasteiger partial charge in [0.15, 0.2) is 0 Å². The molecule has 0 fully saturated rings. The molecule has 0 aliphatic rings. The molecule has 0 aliphatic carbocycles. The molecule has 0 bridgehead atoms. The van der Waals surface area contributed by atoms with Gasteiger partial charge in [-0.3, -0.25) is 0 Å². The van der Waals surface area contributed by atoms with Crippen LogP contribution in [0.25, 0.3) is 0 Å². The van der Waals surface area contributed by atoms with Gasteiger partial charge in [0, 0.05) is 20.7 Å². The van der Waals surface area contributed by atoms with Crippen LogP contribution in [0.4, 0.5) is 0 Å². The second-order valence-electron chi connectivity index (χ2n) is 2.33. The molecule has 0 aliphatic heterocycles. The van der Waals surface area contributed by atoms with E-state index in [2.05, 4.69) is 10.2 Å². The highest BCUT2D eigenvalue weighted by molar-refractivity contribution is 8.76. The van der Waals surface area contributed by atoms with E-state index >= 15 is 0 Å². The molecular weight excluding hydrogens is 240 g/mol. The van der Waals surface area contributed by atoms with Gasteiger partial charge < -0.3 is 4.42 Å². The maximum absolute atomic E-state index is 5.75. The molecule has 3 nitrogen and oxygen atoms in total. The summed E-state index contributed by atoms with van der Waals surface area (Å²) in [5, 5.41) is 8.60. The third-order valence-corrected chi connectivity index (χ3v) is 3.74. The summed E-state index contributed by atoms with van der Waals surface area (Å²) in [6.07, 6.45) is 1.31. The maximum atomic E-state index is 5.75. The minimum Gasteiger partial charge on any atom is -0.418 e. The molecule has 1 aromatic carbocycles. The average Bonchev–Trinajstić information content (AvgIpc) is 2.70. The maximum Gasteiger partial charge on any atom is 0.287 e. The van der Waals surface area contributed by atoms with Crippen LogP contribution in [-0.2, 0) is 0 Å². The van der Waals surface area contributed by atoms with Crippen LogP contribution < -0.4 is 0 Å². The number of benzene rings is 1. The van der Waals surface area contributed by atoms with E-state index in [1.165, 1.54) is 17.2 Å². The van der Waals surface area contributed by atoms with Gasteiger partial charge in [-0.05, 0) is 35.1 Å². The Labute approximate surface area is 93.6 Å². The number of rotatable bonds is 3. The fourth-order valence-corrected chi connectivity index (χ4v) is 2.53. The Bertz CT molecular complexity index is 390. The lowest BCUT2D eigenvalue weighted by Crippen LogP contribution is -1.69. The van der Waals surface area contributed by atoms with Crippen LogP contribution in [0.5, 0.6) is 0 Å². The monoisotopic (exact) mass is 244 g/mol. The normalized spacial score (nSPS) is 10.4. The van der Waals surface area contributed by atoms with E-state index < -0.39 is 0 Å². The Morgan fingerprint density at radius 3 is 2.57 bits per heavy atom. The fraction of sp³-hybridized carbons (Fsp3) is 0. The zero-order valence-corrected chi connectivity index (χ0v) is 9.27. The third-order valence-electron chi connectivity index (χ3n) is 1.36. The van der Waals surface area contributed by atoms with E-state index in [-0.39, 0.29) is 0 Å². The quantitative estimate of drug-likeness (QED) is 0.773. The van der Waals surface area contributed by atoms with Gasteiger partial charge in [0.1, 0.15) is 0 Å². The van der Waals surface area contributed by atoms with Crippen molar-refractivity contribution in [2.24, 2.45) is 0 Å². The zero-order chi connectivity index (χ0) is 9.80. The molecule has 2 aromatic rings. The zero-order valence-electron chi connectivity index (χ0n) is 6.88. The van der Waals surface area contributed by atoms with Crippen LogP contribution in [0, 0.1) is 0 Å². The standard InChI is InChI=1S/C8H5ClN2OS2/c9-6-1-3-7(4-2-6)13-14-8-11-10-5-12-8/h1-5H. The van der Waals surface area contributed by atoms with Gasteiger partial charge in [-0.1, -0.05) is 11.6 Å². The molecule has 14 heavy (non-hydrogen) atoms. The first-order chi connectivity index (χ1) is 6.84. The summed E-state index contributed by atoms with van der Waals surface area (Å²) in [6, 6.07) is 7.57. The largest absolute Gasteiger partial charge is 0.418 e. The molecule has 0 atom stereocenters. The van der Waals surface area contributed by atoms with Crippen molar-refractivity contribution in [1.29, 1.82) is 0 Å². The highest BCUT2D eigenvalue weighted by atomic mass is 35.5. The smallest absolute Gasteiger partial charge is 0.287 e. The van der Waals surface area contributed by atoms with E-state index in [1.807, 2.05) is 24.3 Å². The van der Waals surface area contributed by atoms with Crippen LogP contribution in [-0.4, -0.2) is 10.2 Å². The second-order valence-corrected chi connectivity index (χ2v) is 4.92. The predicted octanol–water partition coefficient (Wildman–Crippen LogP) is 3.52. The van der Waals surface area contributed by atoms with E-state index in [4.69, 9.17) is 16.0 Å². The molecule has 0 radical (unpaired) electrons. The van der Waals surface area contributed by atoms with Gasteiger partial charge in [-0.25, -0.2) is 0 Å². The average molecular weight is 245 g/mol. The first kappa shape index (κ1) is 9.89. The van der Waals surface area contributed by atoms with Crippen molar-refractivity contribution in [3.8, 4) is 0 Å². The third kappa shape index (κ3) is 2.67. The van der Waals surface area contributed by atoms with E-state index in [0.29, 0.717) is 5.22 Å².